The number of furan rings is 1. The van der Waals surface area contributed by atoms with Crippen LogP contribution >= 0.6 is 11.3 Å². The zero-order chi connectivity index (χ0) is 28.2. The highest BCUT2D eigenvalue weighted by molar-refractivity contribution is 7.07. The number of anilines is 1. The lowest BCUT2D eigenvalue weighted by atomic mass is 9.93. The van der Waals surface area contributed by atoms with Gasteiger partial charge in [-0.3, -0.25) is 9.36 Å². The first-order valence-electron chi connectivity index (χ1n) is 13.8. The van der Waals surface area contributed by atoms with Crippen molar-refractivity contribution in [3.05, 3.63) is 72.6 Å². The van der Waals surface area contributed by atoms with E-state index in [-0.39, 0.29) is 12.2 Å². The topological polar surface area (TPSA) is 95.5 Å². The maximum absolute atomic E-state index is 14.0. The molecule has 0 radical (unpaired) electrons. The quantitative estimate of drug-likeness (QED) is 0.359. The zero-order valence-electron chi connectivity index (χ0n) is 23.4. The van der Waals surface area contributed by atoms with Gasteiger partial charge < -0.3 is 23.5 Å². The normalized spacial score (nSPS) is 17.4. The number of thiazole rings is 1. The summed E-state index contributed by atoms with van der Waals surface area (Å²) in [6.07, 6.45) is 6.60. The van der Waals surface area contributed by atoms with Gasteiger partial charge in [-0.1, -0.05) is 24.7 Å². The number of carbonyl (C=O) groups excluding carboxylic acids is 1. The number of piperidine rings is 1. The highest BCUT2D eigenvalue weighted by Gasteiger charge is 2.36. The van der Waals surface area contributed by atoms with Gasteiger partial charge >= 0.3 is 5.97 Å². The molecule has 1 fully saturated rings. The van der Waals surface area contributed by atoms with Crippen molar-refractivity contribution < 1.29 is 23.4 Å². The van der Waals surface area contributed by atoms with Crippen molar-refractivity contribution in [1.29, 1.82) is 0 Å². The predicted molar refractivity (Wildman–Crippen MR) is 154 cm³/mol. The van der Waals surface area contributed by atoms with Gasteiger partial charge in [0.2, 0.25) is 0 Å². The molecule has 0 bridgehead atoms. The van der Waals surface area contributed by atoms with Gasteiger partial charge in [-0.2, -0.15) is 0 Å². The molecule has 0 N–H and O–H groups in total. The molecule has 212 valence electrons. The minimum absolute atomic E-state index is 0.200. The predicted octanol–water partition coefficient (Wildman–Crippen LogP) is 4.18. The molecular formula is C30H35N3O6S. The van der Waals surface area contributed by atoms with Gasteiger partial charge in [-0.25, -0.2) is 9.79 Å². The van der Waals surface area contributed by atoms with Gasteiger partial charge in [-0.05, 0) is 56.9 Å². The third-order valence-corrected chi connectivity index (χ3v) is 8.16. The van der Waals surface area contributed by atoms with E-state index in [0.29, 0.717) is 49.8 Å². The Morgan fingerprint density at radius 3 is 2.62 bits per heavy atom. The number of rotatable bonds is 9. The van der Waals surface area contributed by atoms with E-state index >= 15 is 0 Å². The van der Waals surface area contributed by atoms with E-state index < -0.39 is 12.0 Å². The largest absolute Gasteiger partial charge is 0.497 e. The molecule has 3 aromatic rings. The van der Waals surface area contributed by atoms with Crippen LogP contribution in [0.3, 0.4) is 0 Å². The fourth-order valence-electron chi connectivity index (χ4n) is 5.30. The number of aromatic nitrogens is 1. The molecule has 9 nitrogen and oxygen atoms in total. The summed E-state index contributed by atoms with van der Waals surface area (Å²) >= 11 is 1.28. The van der Waals surface area contributed by atoms with E-state index in [0.717, 1.165) is 38.2 Å². The second-order valence-corrected chi connectivity index (χ2v) is 10.8. The minimum Gasteiger partial charge on any atom is -0.497 e. The van der Waals surface area contributed by atoms with Gasteiger partial charge in [-0.15, -0.1) is 0 Å². The fourth-order valence-corrected chi connectivity index (χ4v) is 6.30. The Hall–Kier alpha value is -3.79. The SMILES string of the molecule is CCCC1=C(C(=O)OCC)[C@@H](c2cc(OC)ccc2OC)n2c(s/c(=C\c3ccc(N4CCCCC4)o3)c2=O)=N1. The summed E-state index contributed by atoms with van der Waals surface area (Å²) in [5.41, 5.74) is 1.28. The first-order valence-corrected chi connectivity index (χ1v) is 14.6. The Balaban J connectivity index is 1.70. The Kier molecular flexibility index (Phi) is 8.44. The molecule has 0 spiro atoms. The molecule has 2 aliphatic rings. The number of allylic oxidation sites excluding steroid dienone is 1. The number of nitrogens with zero attached hydrogens (tertiary/aromatic N) is 3. The van der Waals surface area contributed by atoms with Crippen LogP contribution in [-0.4, -0.2) is 44.5 Å². The summed E-state index contributed by atoms with van der Waals surface area (Å²) in [7, 11) is 3.13. The van der Waals surface area contributed by atoms with Crippen molar-refractivity contribution in [1.82, 2.24) is 4.57 Å². The summed E-state index contributed by atoms with van der Waals surface area (Å²) in [6.45, 7) is 5.92. The molecule has 5 rings (SSSR count). The molecule has 0 unspecified atom stereocenters. The smallest absolute Gasteiger partial charge is 0.338 e. The molecule has 1 atom stereocenters. The Morgan fingerprint density at radius 1 is 1.12 bits per heavy atom. The van der Waals surface area contributed by atoms with Crippen LogP contribution in [0.4, 0.5) is 5.88 Å². The Bertz CT molecular complexity index is 1590. The number of methoxy groups -OCH3 is 2. The van der Waals surface area contributed by atoms with E-state index in [2.05, 4.69) is 4.90 Å². The lowest BCUT2D eigenvalue weighted by Gasteiger charge is -2.27. The van der Waals surface area contributed by atoms with E-state index in [1.165, 1.54) is 17.8 Å². The van der Waals surface area contributed by atoms with E-state index in [4.69, 9.17) is 23.6 Å². The van der Waals surface area contributed by atoms with Crippen molar-refractivity contribution in [2.45, 2.75) is 52.0 Å². The molecule has 1 saturated heterocycles. The summed E-state index contributed by atoms with van der Waals surface area (Å²) in [5, 5.41) is 0. The van der Waals surface area contributed by atoms with Crippen LogP contribution in [0.5, 0.6) is 11.5 Å². The van der Waals surface area contributed by atoms with Gasteiger partial charge in [0, 0.05) is 30.8 Å². The second kappa shape index (κ2) is 12.2. The summed E-state index contributed by atoms with van der Waals surface area (Å²) < 4.78 is 24.8. The highest BCUT2D eigenvalue weighted by atomic mass is 32.1. The third-order valence-electron chi connectivity index (χ3n) is 7.18. The molecule has 0 saturated carbocycles. The average Bonchev–Trinajstić information content (AvgIpc) is 3.57. The minimum atomic E-state index is -0.801. The number of ether oxygens (including phenoxy) is 3. The average molecular weight is 566 g/mol. The van der Waals surface area contributed by atoms with Crippen molar-refractivity contribution in [2.24, 2.45) is 4.99 Å². The molecule has 2 aliphatic heterocycles. The maximum Gasteiger partial charge on any atom is 0.338 e. The number of hydrogen-bond acceptors (Lipinski definition) is 9. The summed E-state index contributed by atoms with van der Waals surface area (Å²) in [6, 6.07) is 8.39. The Labute approximate surface area is 237 Å². The van der Waals surface area contributed by atoms with Crippen LogP contribution in [0.2, 0.25) is 0 Å². The van der Waals surface area contributed by atoms with Crippen LogP contribution in [0.25, 0.3) is 6.08 Å². The fraction of sp³-hybridized carbons (Fsp3) is 0.433. The van der Waals surface area contributed by atoms with Crippen molar-refractivity contribution in [3.8, 4) is 11.5 Å². The number of benzene rings is 1. The summed E-state index contributed by atoms with van der Waals surface area (Å²) in [4.78, 5) is 35.0. The zero-order valence-corrected chi connectivity index (χ0v) is 24.2. The molecule has 40 heavy (non-hydrogen) atoms. The lowest BCUT2D eigenvalue weighted by molar-refractivity contribution is -0.139. The van der Waals surface area contributed by atoms with E-state index in [1.54, 1.807) is 50.0 Å². The number of hydrogen-bond donors (Lipinski definition) is 0. The molecule has 1 aromatic carbocycles. The molecule has 0 aliphatic carbocycles. The summed E-state index contributed by atoms with van der Waals surface area (Å²) in [5.74, 6) is 2.01. The van der Waals surface area contributed by atoms with Crippen LogP contribution in [0.15, 0.2) is 55.8 Å². The maximum atomic E-state index is 14.0. The van der Waals surface area contributed by atoms with Crippen molar-refractivity contribution >= 4 is 29.3 Å². The highest BCUT2D eigenvalue weighted by Crippen LogP contribution is 2.38. The molecule has 4 heterocycles. The number of esters is 1. The molecular weight excluding hydrogens is 530 g/mol. The lowest BCUT2D eigenvalue weighted by Crippen LogP contribution is -2.40. The third kappa shape index (κ3) is 5.32. The van der Waals surface area contributed by atoms with Crippen molar-refractivity contribution in [3.63, 3.8) is 0 Å². The standard InChI is InChI=1S/C30H35N3O6S/c1-5-10-22-26(29(35)38-6-2)27(21-17-19(36-3)11-13-23(21)37-4)33-28(34)24(40-30(33)31-22)18-20-12-14-25(39-20)32-15-8-7-9-16-32/h11-14,17-18,27H,5-10,15-16H2,1-4H3/b24-18-/t27-/m1/s1. The van der Waals surface area contributed by atoms with E-state index in [1.807, 2.05) is 19.1 Å². The van der Waals surface area contributed by atoms with Crippen molar-refractivity contribution in [2.75, 3.05) is 38.8 Å². The number of carbonyl (C=O) groups is 1. The molecule has 0 amide bonds. The van der Waals surface area contributed by atoms with Gasteiger partial charge in [0.1, 0.15) is 23.3 Å². The monoisotopic (exact) mass is 565 g/mol. The van der Waals surface area contributed by atoms with Crippen LogP contribution in [-0.2, 0) is 9.53 Å². The van der Waals surface area contributed by atoms with Crippen LogP contribution in [0, 0.1) is 0 Å². The molecule has 2 aromatic heterocycles. The number of fused-ring (bicyclic) bond motifs is 1. The first kappa shape index (κ1) is 27.8. The van der Waals surface area contributed by atoms with Crippen LogP contribution < -0.4 is 29.3 Å². The van der Waals surface area contributed by atoms with Gasteiger partial charge in [0.25, 0.3) is 5.56 Å². The first-order chi connectivity index (χ1) is 19.5. The van der Waals surface area contributed by atoms with Gasteiger partial charge in [0.15, 0.2) is 10.7 Å². The Morgan fingerprint density at radius 2 is 1.93 bits per heavy atom. The molecule has 10 heteroatoms. The van der Waals surface area contributed by atoms with Gasteiger partial charge in [0.05, 0.1) is 36.6 Å². The van der Waals surface area contributed by atoms with Crippen LogP contribution in [0.1, 0.15) is 63.3 Å². The van der Waals surface area contributed by atoms with E-state index in [9.17, 15) is 9.59 Å². The second-order valence-electron chi connectivity index (χ2n) is 9.75.